The zero-order valence-corrected chi connectivity index (χ0v) is 11.6. The van der Waals surface area contributed by atoms with E-state index in [1.165, 1.54) is 0 Å². The number of rotatable bonds is 3. The largest absolute Gasteiger partial charge is 0.478 e. The van der Waals surface area contributed by atoms with Crippen LogP contribution in [0.3, 0.4) is 0 Å². The second kappa shape index (κ2) is 5.25. The van der Waals surface area contributed by atoms with Crippen molar-refractivity contribution in [3.63, 3.8) is 0 Å². The first kappa shape index (κ1) is 13.1. The van der Waals surface area contributed by atoms with Crippen LogP contribution in [0.15, 0.2) is 24.5 Å². The summed E-state index contributed by atoms with van der Waals surface area (Å²) in [5.74, 6) is 0.524. The standard InChI is InChI=1S/C15H19N3O2/c1-2-17-7-5-11(6-8-17)14-16-9-13-4-3-12(15(19)20)10-18(13)14/h3-4,9-11H,2,5-8H2,1H3,(H,19,20). The number of likely N-dealkylation sites (tertiary alicyclic amines) is 1. The average molecular weight is 273 g/mol. The molecule has 1 N–H and O–H groups in total. The normalized spacial score (nSPS) is 17.6. The second-order valence-electron chi connectivity index (χ2n) is 5.34. The topological polar surface area (TPSA) is 57.8 Å². The quantitative estimate of drug-likeness (QED) is 0.931. The summed E-state index contributed by atoms with van der Waals surface area (Å²) in [6, 6.07) is 3.45. The molecule has 3 rings (SSSR count). The van der Waals surface area contributed by atoms with E-state index in [1.54, 1.807) is 12.3 Å². The second-order valence-corrected chi connectivity index (χ2v) is 5.34. The Hall–Kier alpha value is -1.88. The van der Waals surface area contributed by atoms with Gasteiger partial charge in [-0.1, -0.05) is 6.92 Å². The number of hydrogen-bond donors (Lipinski definition) is 1. The monoisotopic (exact) mass is 273 g/mol. The van der Waals surface area contributed by atoms with Gasteiger partial charge in [0.25, 0.3) is 0 Å². The number of nitrogens with zero attached hydrogens (tertiary/aromatic N) is 3. The first-order valence-electron chi connectivity index (χ1n) is 7.11. The van der Waals surface area contributed by atoms with Crippen molar-refractivity contribution in [2.45, 2.75) is 25.7 Å². The van der Waals surface area contributed by atoms with Crippen LogP contribution in [-0.4, -0.2) is 45.0 Å². The smallest absolute Gasteiger partial charge is 0.337 e. The maximum Gasteiger partial charge on any atom is 0.337 e. The summed E-state index contributed by atoms with van der Waals surface area (Å²) in [6.45, 7) is 5.46. The zero-order valence-electron chi connectivity index (χ0n) is 11.6. The van der Waals surface area contributed by atoms with E-state index >= 15 is 0 Å². The summed E-state index contributed by atoms with van der Waals surface area (Å²) >= 11 is 0. The molecule has 0 aromatic carbocycles. The molecule has 5 nitrogen and oxygen atoms in total. The van der Waals surface area contributed by atoms with E-state index in [1.807, 2.05) is 16.7 Å². The molecule has 0 unspecified atom stereocenters. The Kier molecular flexibility index (Phi) is 3.44. The highest BCUT2D eigenvalue weighted by Gasteiger charge is 2.23. The first-order chi connectivity index (χ1) is 9.69. The third kappa shape index (κ3) is 2.29. The van der Waals surface area contributed by atoms with Gasteiger partial charge in [0, 0.05) is 12.1 Å². The summed E-state index contributed by atoms with van der Waals surface area (Å²) in [7, 11) is 0. The average Bonchev–Trinajstić information content (AvgIpc) is 2.90. The lowest BCUT2D eigenvalue weighted by Crippen LogP contribution is -2.33. The van der Waals surface area contributed by atoms with Gasteiger partial charge in [0.05, 0.1) is 17.3 Å². The molecule has 1 aliphatic rings. The van der Waals surface area contributed by atoms with Gasteiger partial charge in [-0.3, -0.25) is 0 Å². The number of pyridine rings is 1. The van der Waals surface area contributed by atoms with Crippen molar-refractivity contribution in [1.82, 2.24) is 14.3 Å². The number of aromatic carboxylic acids is 1. The summed E-state index contributed by atoms with van der Waals surface area (Å²) in [6.07, 6.45) is 5.69. The van der Waals surface area contributed by atoms with Crippen molar-refractivity contribution in [1.29, 1.82) is 0 Å². The van der Waals surface area contributed by atoms with Gasteiger partial charge in [0.1, 0.15) is 5.82 Å². The molecule has 1 fully saturated rings. The van der Waals surface area contributed by atoms with Gasteiger partial charge in [-0.2, -0.15) is 0 Å². The number of carbonyl (C=O) groups is 1. The number of imidazole rings is 1. The Labute approximate surface area is 117 Å². The van der Waals surface area contributed by atoms with Crippen molar-refractivity contribution < 1.29 is 9.90 Å². The molecule has 0 bridgehead atoms. The van der Waals surface area contributed by atoms with Crippen molar-refractivity contribution in [2.75, 3.05) is 19.6 Å². The van der Waals surface area contributed by atoms with Crippen molar-refractivity contribution in [3.05, 3.63) is 35.9 Å². The molecule has 2 aromatic heterocycles. The molecule has 0 amide bonds. The number of piperidine rings is 1. The fourth-order valence-corrected chi connectivity index (χ4v) is 2.95. The van der Waals surface area contributed by atoms with Gasteiger partial charge in [0.2, 0.25) is 0 Å². The molecule has 0 aliphatic carbocycles. The number of hydrogen-bond acceptors (Lipinski definition) is 3. The van der Waals surface area contributed by atoms with Gasteiger partial charge in [-0.05, 0) is 44.6 Å². The molecular weight excluding hydrogens is 254 g/mol. The fraction of sp³-hybridized carbons (Fsp3) is 0.467. The van der Waals surface area contributed by atoms with Crippen LogP contribution in [-0.2, 0) is 0 Å². The van der Waals surface area contributed by atoms with E-state index in [2.05, 4.69) is 16.8 Å². The highest BCUT2D eigenvalue weighted by molar-refractivity contribution is 5.87. The van der Waals surface area contributed by atoms with Crippen LogP contribution in [0.2, 0.25) is 0 Å². The van der Waals surface area contributed by atoms with Gasteiger partial charge >= 0.3 is 5.97 Å². The number of aromatic nitrogens is 2. The van der Waals surface area contributed by atoms with Crippen LogP contribution in [0.4, 0.5) is 0 Å². The van der Waals surface area contributed by atoms with Crippen LogP contribution < -0.4 is 0 Å². The van der Waals surface area contributed by atoms with E-state index in [9.17, 15) is 4.79 Å². The molecule has 5 heteroatoms. The van der Waals surface area contributed by atoms with E-state index in [0.717, 1.165) is 43.8 Å². The molecule has 0 spiro atoms. The summed E-state index contributed by atoms with van der Waals surface area (Å²) in [5.41, 5.74) is 1.27. The third-order valence-electron chi connectivity index (χ3n) is 4.20. The Morgan fingerprint density at radius 3 is 2.80 bits per heavy atom. The SMILES string of the molecule is CCN1CCC(c2ncc3ccc(C(=O)O)cn23)CC1. The highest BCUT2D eigenvalue weighted by Crippen LogP contribution is 2.27. The van der Waals surface area contributed by atoms with Crippen LogP contribution in [0.5, 0.6) is 0 Å². The molecule has 20 heavy (non-hydrogen) atoms. The van der Waals surface area contributed by atoms with E-state index < -0.39 is 5.97 Å². The third-order valence-corrected chi connectivity index (χ3v) is 4.20. The van der Waals surface area contributed by atoms with Crippen molar-refractivity contribution >= 4 is 11.5 Å². The molecule has 0 atom stereocenters. The predicted octanol–water partition coefficient (Wildman–Crippen LogP) is 2.23. The Morgan fingerprint density at radius 2 is 2.15 bits per heavy atom. The predicted molar refractivity (Wildman–Crippen MR) is 76.2 cm³/mol. The lowest BCUT2D eigenvalue weighted by molar-refractivity contribution is 0.0696. The molecule has 3 heterocycles. The van der Waals surface area contributed by atoms with Crippen molar-refractivity contribution in [2.24, 2.45) is 0 Å². The van der Waals surface area contributed by atoms with Gasteiger partial charge in [-0.25, -0.2) is 9.78 Å². The minimum absolute atomic E-state index is 0.308. The lowest BCUT2D eigenvalue weighted by Gasteiger charge is -2.30. The molecule has 106 valence electrons. The summed E-state index contributed by atoms with van der Waals surface area (Å²) in [5, 5.41) is 9.11. The Balaban J connectivity index is 1.91. The summed E-state index contributed by atoms with van der Waals surface area (Å²) in [4.78, 5) is 18.1. The molecule has 2 aromatic rings. The van der Waals surface area contributed by atoms with E-state index in [-0.39, 0.29) is 0 Å². The maximum absolute atomic E-state index is 11.1. The molecule has 0 saturated carbocycles. The van der Waals surface area contributed by atoms with Gasteiger partial charge in [0.15, 0.2) is 0 Å². The minimum atomic E-state index is -0.896. The van der Waals surface area contributed by atoms with E-state index in [4.69, 9.17) is 5.11 Å². The zero-order chi connectivity index (χ0) is 14.1. The van der Waals surface area contributed by atoms with Crippen LogP contribution in [0.25, 0.3) is 5.52 Å². The number of fused-ring (bicyclic) bond motifs is 1. The minimum Gasteiger partial charge on any atom is -0.478 e. The first-order valence-corrected chi connectivity index (χ1v) is 7.11. The Bertz CT molecular complexity index is 627. The van der Waals surface area contributed by atoms with E-state index in [0.29, 0.717) is 11.5 Å². The number of carboxylic acid groups (broad SMARTS) is 1. The summed E-state index contributed by atoms with van der Waals surface area (Å²) < 4.78 is 1.94. The van der Waals surface area contributed by atoms with Crippen LogP contribution in [0, 0.1) is 0 Å². The Morgan fingerprint density at radius 1 is 1.40 bits per heavy atom. The lowest BCUT2D eigenvalue weighted by atomic mass is 9.96. The van der Waals surface area contributed by atoms with Gasteiger partial charge in [-0.15, -0.1) is 0 Å². The van der Waals surface area contributed by atoms with Gasteiger partial charge < -0.3 is 14.4 Å². The molecule has 1 saturated heterocycles. The molecule has 1 aliphatic heterocycles. The maximum atomic E-state index is 11.1. The van der Waals surface area contributed by atoms with Crippen LogP contribution in [0.1, 0.15) is 41.9 Å². The fourth-order valence-electron chi connectivity index (χ4n) is 2.95. The highest BCUT2D eigenvalue weighted by atomic mass is 16.4. The molecule has 0 radical (unpaired) electrons. The van der Waals surface area contributed by atoms with Crippen LogP contribution >= 0.6 is 0 Å². The molecular formula is C15H19N3O2. The number of carboxylic acids is 1. The van der Waals surface area contributed by atoms with Crippen molar-refractivity contribution in [3.8, 4) is 0 Å².